The molecule has 0 rings (SSSR count). The minimum atomic E-state index is -0.359. The summed E-state index contributed by atoms with van der Waals surface area (Å²) < 4.78 is 4.70. The molecule has 0 aliphatic carbocycles. The number of amides is 1. The molecule has 0 aromatic rings. The van der Waals surface area contributed by atoms with Gasteiger partial charge >= 0.3 is 5.97 Å². The molecular formula is C15H29N3O3. The lowest BCUT2D eigenvalue weighted by Gasteiger charge is -2.09. The number of nitrogens with one attached hydrogen (secondary N) is 1. The van der Waals surface area contributed by atoms with Crippen LogP contribution in [-0.4, -0.2) is 76.1 Å². The lowest BCUT2D eigenvalue weighted by atomic mass is 10.3. The standard InChI is InChI=1S/C8H16N2O.C7H13NO2/c1-7(2)8(11)9-5-6-10(3)4;1-4-7(9)10-6-5-8(2)3/h1,5-6H2,2-4H3,(H,9,11);4H,1,5-6H2,2-3H3. The van der Waals surface area contributed by atoms with E-state index in [-0.39, 0.29) is 11.9 Å². The third-order valence-electron chi connectivity index (χ3n) is 2.18. The highest BCUT2D eigenvalue weighted by Gasteiger charge is 1.99. The number of ether oxygens (including phenoxy) is 1. The second-order valence-electron chi connectivity index (χ2n) is 5.01. The van der Waals surface area contributed by atoms with Crippen molar-refractivity contribution in [3.8, 4) is 0 Å². The van der Waals surface area contributed by atoms with E-state index in [2.05, 4.69) is 18.5 Å². The summed E-state index contributed by atoms with van der Waals surface area (Å²) in [7, 11) is 7.77. The molecule has 0 saturated carbocycles. The molecule has 122 valence electrons. The third kappa shape index (κ3) is 18.3. The van der Waals surface area contributed by atoms with Crippen LogP contribution in [0.4, 0.5) is 0 Å². The van der Waals surface area contributed by atoms with Crippen LogP contribution in [-0.2, 0) is 14.3 Å². The fourth-order valence-electron chi connectivity index (χ4n) is 0.932. The van der Waals surface area contributed by atoms with E-state index in [1.807, 2.05) is 38.0 Å². The van der Waals surface area contributed by atoms with Crippen LogP contribution < -0.4 is 5.32 Å². The first kappa shape index (κ1) is 21.6. The van der Waals surface area contributed by atoms with Gasteiger partial charge in [-0.1, -0.05) is 13.2 Å². The molecule has 0 aromatic carbocycles. The van der Waals surface area contributed by atoms with Crippen LogP contribution in [0.2, 0.25) is 0 Å². The zero-order valence-electron chi connectivity index (χ0n) is 13.9. The van der Waals surface area contributed by atoms with Gasteiger partial charge in [-0.15, -0.1) is 0 Å². The normalized spacial score (nSPS) is 9.67. The van der Waals surface area contributed by atoms with Crippen molar-refractivity contribution in [2.45, 2.75) is 6.92 Å². The molecule has 0 aliphatic rings. The number of rotatable bonds is 8. The molecule has 21 heavy (non-hydrogen) atoms. The number of carbonyl (C=O) groups excluding carboxylic acids is 2. The first-order chi connectivity index (χ1) is 9.70. The highest BCUT2D eigenvalue weighted by molar-refractivity contribution is 5.92. The molecule has 0 saturated heterocycles. The maximum absolute atomic E-state index is 10.9. The van der Waals surface area contributed by atoms with Gasteiger partial charge in [0.15, 0.2) is 0 Å². The van der Waals surface area contributed by atoms with Crippen molar-refractivity contribution in [3.63, 3.8) is 0 Å². The van der Waals surface area contributed by atoms with Crippen LogP contribution in [0.1, 0.15) is 6.92 Å². The van der Waals surface area contributed by atoms with Gasteiger partial charge in [-0.25, -0.2) is 4.79 Å². The Hall–Kier alpha value is -1.66. The summed E-state index contributed by atoms with van der Waals surface area (Å²) in [5.41, 5.74) is 0.559. The van der Waals surface area contributed by atoms with E-state index in [9.17, 15) is 9.59 Å². The fourth-order valence-corrected chi connectivity index (χ4v) is 0.932. The molecular weight excluding hydrogens is 270 g/mol. The molecule has 0 unspecified atom stereocenters. The van der Waals surface area contributed by atoms with Gasteiger partial charge in [0.2, 0.25) is 5.91 Å². The summed E-state index contributed by atoms with van der Waals surface area (Å²) in [6.45, 7) is 11.2. The maximum Gasteiger partial charge on any atom is 0.330 e. The van der Waals surface area contributed by atoms with Crippen LogP contribution in [0, 0.1) is 0 Å². The number of carbonyl (C=O) groups is 2. The van der Waals surface area contributed by atoms with Gasteiger partial charge in [0.05, 0.1) is 0 Å². The van der Waals surface area contributed by atoms with Gasteiger partial charge < -0.3 is 19.9 Å². The second-order valence-corrected chi connectivity index (χ2v) is 5.01. The largest absolute Gasteiger partial charge is 0.461 e. The Morgan fingerprint density at radius 2 is 1.67 bits per heavy atom. The molecule has 0 radical (unpaired) electrons. The minimum absolute atomic E-state index is 0.0631. The molecule has 0 bridgehead atoms. The van der Waals surface area contributed by atoms with E-state index in [1.54, 1.807) is 6.92 Å². The number of likely N-dealkylation sites (N-methyl/N-ethyl adjacent to an activating group) is 2. The first-order valence-electron chi connectivity index (χ1n) is 6.73. The van der Waals surface area contributed by atoms with Gasteiger partial charge in [-0.05, 0) is 35.1 Å². The van der Waals surface area contributed by atoms with Crippen LogP contribution in [0.3, 0.4) is 0 Å². The number of hydrogen-bond acceptors (Lipinski definition) is 5. The van der Waals surface area contributed by atoms with Gasteiger partial charge in [-0.2, -0.15) is 0 Å². The smallest absolute Gasteiger partial charge is 0.330 e. The van der Waals surface area contributed by atoms with Crippen LogP contribution in [0.15, 0.2) is 24.8 Å². The Bertz CT molecular complexity index is 339. The van der Waals surface area contributed by atoms with Gasteiger partial charge in [0.1, 0.15) is 6.61 Å². The minimum Gasteiger partial charge on any atom is -0.461 e. The number of hydrogen-bond donors (Lipinski definition) is 1. The molecule has 6 heteroatoms. The number of nitrogens with zero attached hydrogens (tertiary/aromatic N) is 2. The van der Waals surface area contributed by atoms with Crippen LogP contribution in [0.25, 0.3) is 0 Å². The molecule has 0 aromatic heterocycles. The maximum atomic E-state index is 10.9. The van der Waals surface area contributed by atoms with E-state index in [0.29, 0.717) is 18.7 Å². The Morgan fingerprint density at radius 1 is 1.14 bits per heavy atom. The molecule has 1 N–H and O–H groups in total. The zero-order chi connectivity index (χ0) is 16.8. The first-order valence-corrected chi connectivity index (χ1v) is 6.73. The van der Waals surface area contributed by atoms with E-state index >= 15 is 0 Å². The van der Waals surface area contributed by atoms with E-state index in [1.165, 1.54) is 0 Å². The van der Waals surface area contributed by atoms with Crippen molar-refractivity contribution in [2.24, 2.45) is 0 Å². The Balaban J connectivity index is 0. The predicted octanol–water partition coefficient (Wildman–Crippen LogP) is 0.518. The second kappa shape index (κ2) is 13.3. The molecule has 0 fully saturated rings. The van der Waals surface area contributed by atoms with Gasteiger partial charge in [0, 0.05) is 31.3 Å². The molecule has 0 heterocycles. The SMILES string of the molecule is C=C(C)C(=O)NCCN(C)C.C=CC(=O)OCCN(C)C. The average Bonchev–Trinajstić information content (AvgIpc) is 2.38. The summed E-state index contributed by atoms with van der Waals surface area (Å²) in [4.78, 5) is 25.3. The van der Waals surface area contributed by atoms with Crippen molar-refractivity contribution in [1.29, 1.82) is 0 Å². The Kier molecular flexibility index (Phi) is 13.7. The van der Waals surface area contributed by atoms with Crippen molar-refractivity contribution in [3.05, 3.63) is 24.8 Å². The zero-order valence-corrected chi connectivity index (χ0v) is 13.9. The highest BCUT2D eigenvalue weighted by atomic mass is 16.5. The van der Waals surface area contributed by atoms with Gasteiger partial charge in [-0.3, -0.25) is 4.79 Å². The van der Waals surface area contributed by atoms with Crippen molar-refractivity contribution in [2.75, 3.05) is 54.4 Å². The molecule has 1 amide bonds. The summed E-state index contributed by atoms with van der Waals surface area (Å²) >= 11 is 0. The van der Waals surface area contributed by atoms with E-state index in [0.717, 1.165) is 19.2 Å². The van der Waals surface area contributed by atoms with Gasteiger partial charge in [0.25, 0.3) is 0 Å². The molecule has 0 spiro atoms. The lowest BCUT2D eigenvalue weighted by Crippen LogP contribution is -2.31. The third-order valence-corrected chi connectivity index (χ3v) is 2.18. The van der Waals surface area contributed by atoms with Crippen molar-refractivity contribution < 1.29 is 14.3 Å². The molecule has 0 atom stereocenters. The van der Waals surface area contributed by atoms with E-state index < -0.39 is 0 Å². The lowest BCUT2D eigenvalue weighted by molar-refractivity contribution is -0.138. The number of esters is 1. The van der Waals surface area contributed by atoms with Crippen molar-refractivity contribution in [1.82, 2.24) is 15.1 Å². The van der Waals surface area contributed by atoms with E-state index in [4.69, 9.17) is 4.74 Å². The molecule has 6 nitrogen and oxygen atoms in total. The molecule has 0 aliphatic heterocycles. The average molecular weight is 299 g/mol. The summed E-state index contributed by atoms with van der Waals surface area (Å²) in [6.07, 6.45) is 1.16. The van der Waals surface area contributed by atoms with Crippen LogP contribution in [0.5, 0.6) is 0 Å². The topological polar surface area (TPSA) is 61.9 Å². The van der Waals surface area contributed by atoms with Crippen molar-refractivity contribution >= 4 is 11.9 Å². The summed E-state index contributed by atoms with van der Waals surface area (Å²) in [5, 5.41) is 2.73. The Labute approximate surface area is 128 Å². The summed E-state index contributed by atoms with van der Waals surface area (Å²) in [6, 6.07) is 0. The summed E-state index contributed by atoms with van der Waals surface area (Å²) in [5.74, 6) is -0.422. The monoisotopic (exact) mass is 299 g/mol. The highest BCUT2D eigenvalue weighted by Crippen LogP contribution is 1.84. The quantitative estimate of drug-likeness (QED) is 0.523. The fraction of sp³-hybridized carbons (Fsp3) is 0.600. The predicted molar refractivity (Wildman–Crippen MR) is 86.1 cm³/mol. The Morgan fingerprint density at radius 3 is 2.05 bits per heavy atom. The van der Waals surface area contributed by atoms with Crippen LogP contribution >= 0.6 is 0 Å².